The van der Waals surface area contributed by atoms with E-state index < -0.39 is 0 Å². The van der Waals surface area contributed by atoms with Gasteiger partial charge >= 0.3 is 0 Å². The average molecular weight is 331 g/mol. The summed E-state index contributed by atoms with van der Waals surface area (Å²) in [5, 5.41) is 3.07. The summed E-state index contributed by atoms with van der Waals surface area (Å²) in [4.78, 5) is 27.0. The van der Waals surface area contributed by atoms with Gasteiger partial charge in [0.15, 0.2) is 0 Å². The van der Waals surface area contributed by atoms with Gasteiger partial charge in [-0.1, -0.05) is 19.4 Å². The van der Waals surface area contributed by atoms with Crippen molar-refractivity contribution in [2.45, 2.75) is 52.5 Å². The fourth-order valence-electron chi connectivity index (χ4n) is 3.28. The zero-order chi connectivity index (χ0) is 17.7. The summed E-state index contributed by atoms with van der Waals surface area (Å²) >= 11 is 0. The Morgan fingerprint density at radius 3 is 2.88 bits per heavy atom. The molecule has 1 aliphatic rings. The second-order valence-electron chi connectivity index (χ2n) is 6.86. The van der Waals surface area contributed by atoms with Crippen LogP contribution in [-0.4, -0.2) is 35.8 Å². The smallest absolute Gasteiger partial charge is 0.254 e. The van der Waals surface area contributed by atoms with Crippen molar-refractivity contribution in [3.63, 3.8) is 0 Å². The number of nitrogens with one attached hydrogen (secondary N) is 1. The van der Waals surface area contributed by atoms with Gasteiger partial charge in [-0.15, -0.1) is 0 Å². The number of benzene rings is 1. The van der Waals surface area contributed by atoms with E-state index >= 15 is 0 Å². The van der Waals surface area contributed by atoms with Crippen molar-refractivity contribution in [3.05, 3.63) is 29.3 Å². The molecule has 1 fully saturated rings. The molecular weight excluding hydrogens is 302 g/mol. The molecule has 2 unspecified atom stereocenters. The Morgan fingerprint density at radius 2 is 2.17 bits per heavy atom. The first-order valence-corrected chi connectivity index (χ1v) is 8.88. The molecule has 1 aliphatic heterocycles. The van der Waals surface area contributed by atoms with Crippen LogP contribution < -0.4 is 11.1 Å². The van der Waals surface area contributed by atoms with Crippen molar-refractivity contribution in [2.24, 2.45) is 5.92 Å². The molecule has 1 heterocycles. The molecule has 0 bridgehead atoms. The highest BCUT2D eigenvalue weighted by atomic mass is 16.2. The minimum absolute atomic E-state index is 0.0288. The van der Waals surface area contributed by atoms with Gasteiger partial charge in [-0.2, -0.15) is 0 Å². The average Bonchev–Trinajstić information content (AvgIpc) is 2.56. The van der Waals surface area contributed by atoms with Crippen LogP contribution in [0.3, 0.4) is 0 Å². The van der Waals surface area contributed by atoms with Crippen LogP contribution in [0.15, 0.2) is 18.2 Å². The molecule has 0 spiro atoms. The molecule has 0 saturated carbocycles. The highest BCUT2D eigenvalue weighted by Crippen LogP contribution is 2.21. The fraction of sp³-hybridized carbons (Fsp3) is 0.579. The summed E-state index contributed by atoms with van der Waals surface area (Å²) in [6.07, 6.45) is 3.72. The van der Waals surface area contributed by atoms with Crippen molar-refractivity contribution in [1.82, 2.24) is 10.2 Å². The summed E-state index contributed by atoms with van der Waals surface area (Å²) in [7, 11) is 0. The van der Waals surface area contributed by atoms with Gasteiger partial charge in [0, 0.05) is 30.4 Å². The lowest BCUT2D eigenvalue weighted by Crippen LogP contribution is -2.47. The van der Waals surface area contributed by atoms with E-state index in [1.54, 1.807) is 17.0 Å². The monoisotopic (exact) mass is 331 g/mol. The van der Waals surface area contributed by atoms with Crippen LogP contribution >= 0.6 is 0 Å². The van der Waals surface area contributed by atoms with Crippen LogP contribution in [0.2, 0.25) is 0 Å². The predicted octanol–water partition coefficient (Wildman–Crippen LogP) is 2.73. The van der Waals surface area contributed by atoms with Gasteiger partial charge in [0.2, 0.25) is 5.91 Å². The number of hydrogen-bond acceptors (Lipinski definition) is 3. The van der Waals surface area contributed by atoms with Crippen LogP contribution in [0.5, 0.6) is 0 Å². The fourth-order valence-corrected chi connectivity index (χ4v) is 3.28. The summed E-state index contributed by atoms with van der Waals surface area (Å²) in [6.45, 7) is 7.23. The van der Waals surface area contributed by atoms with Gasteiger partial charge in [-0.25, -0.2) is 0 Å². The molecular formula is C19H29N3O2. The van der Waals surface area contributed by atoms with Gasteiger partial charge in [-0.3, -0.25) is 9.59 Å². The van der Waals surface area contributed by atoms with E-state index in [-0.39, 0.29) is 23.8 Å². The number of likely N-dealkylation sites (tertiary alicyclic amines) is 1. The lowest BCUT2D eigenvalue weighted by atomic mass is 9.95. The predicted molar refractivity (Wildman–Crippen MR) is 96.7 cm³/mol. The Hall–Kier alpha value is -2.04. The lowest BCUT2D eigenvalue weighted by Gasteiger charge is -2.33. The van der Waals surface area contributed by atoms with Gasteiger partial charge in [0.1, 0.15) is 0 Å². The Kier molecular flexibility index (Phi) is 6.23. The van der Waals surface area contributed by atoms with Crippen molar-refractivity contribution < 1.29 is 9.59 Å². The van der Waals surface area contributed by atoms with E-state index in [0.717, 1.165) is 31.2 Å². The van der Waals surface area contributed by atoms with Gasteiger partial charge < -0.3 is 16.0 Å². The highest BCUT2D eigenvalue weighted by Gasteiger charge is 2.29. The second kappa shape index (κ2) is 8.18. The third-order valence-electron chi connectivity index (χ3n) is 4.68. The molecule has 132 valence electrons. The number of anilines is 1. The Bertz CT molecular complexity index is 600. The normalized spacial score (nSPS) is 19.0. The minimum Gasteiger partial charge on any atom is -0.399 e. The number of nitrogens with two attached hydrogens (primary N) is 1. The number of carbonyl (C=O) groups is 2. The van der Waals surface area contributed by atoms with Crippen molar-refractivity contribution in [2.75, 3.05) is 18.8 Å². The molecule has 2 rings (SSSR count). The van der Waals surface area contributed by atoms with E-state index in [0.29, 0.717) is 24.3 Å². The molecule has 3 N–H and O–H groups in total. The zero-order valence-electron chi connectivity index (χ0n) is 15.0. The Balaban J connectivity index is 2.03. The summed E-state index contributed by atoms with van der Waals surface area (Å²) in [5.41, 5.74) is 7.95. The maximum Gasteiger partial charge on any atom is 0.254 e. The SMILES string of the molecule is CCCC(C)NC(=O)C1CCCN(C(=O)c2cc(N)ccc2C)C1. The summed E-state index contributed by atoms with van der Waals surface area (Å²) in [5.74, 6) is -0.0833. The standard InChI is InChI=1S/C19H29N3O2/c1-4-6-14(3)21-18(23)15-7-5-10-22(12-15)19(24)17-11-16(20)9-8-13(17)2/h8-9,11,14-15H,4-7,10,12,20H2,1-3H3,(H,21,23). The number of rotatable bonds is 5. The van der Waals surface area contributed by atoms with E-state index in [9.17, 15) is 9.59 Å². The number of aryl methyl sites for hydroxylation is 1. The van der Waals surface area contributed by atoms with Crippen molar-refractivity contribution >= 4 is 17.5 Å². The number of piperidine rings is 1. The number of amides is 2. The molecule has 0 radical (unpaired) electrons. The summed E-state index contributed by atoms with van der Waals surface area (Å²) in [6, 6.07) is 5.58. The molecule has 2 amide bonds. The molecule has 0 aliphatic carbocycles. The molecule has 0 aromatic heterocycles. The molecule has 1 aromatic rings. The Labute approximate surface area is 144 Å². The maximum atomic E-state index is 12.8. The van der Waals surface area contributed by atoms with Crippen LogP contribution in [-0.2, 0) is 4.79 Å². The molecule has 5 heteroatoms. The van der Waals surface area contributed by atoms with E-state index in [2.05, 4.69) is 12.2 Å². The molecule has 1 saturated heterocycles. The van der Waals surface area contributed by atoms with E-state index in [1.165, 1.54) is 0 Å². The van der Waals surface area contributed by atoms with Crippen LogP contribution in [0.4, 0.5) is 5.69 Å². The molecule has 24 heavy (non-hydrogen) atoms. The van der Waals surface area contributed by atoms with Gasteiger partial charge in [0.25, 0.3) is 5.91 Å². The van der Waals surface area contributed by atoms with Gasteiger partial charge in [-0.05, 0) is 50.8 Å². The van der Waals surface area contributed by atoms with E-state index in [4.69, 9.17) is 5.73 Å². The van der Waals surface area contributed by atoms with Crippen LogP contribution in [0.25, 0.3) is 0 Å². The first-order chi connectivity index (χ1) is 11.4. The third kappa shape index (κ3) is 4.49. The largest absolute Gasteiger partial charge is 0.399 e. The van der Waals surface area contributed by atoms with Crippen LogP contribution in [0.1, 0.15) is 55.5 Å². The topological polar surface area (TPSA) is 75.4 Å². The first-order valence-electron chi connectivity index (χ1n) is 8.88. The lowest BCUT2D eigenvalue weighted by molar-refractivity contribution is -0.127. The maximum absolute atomic E-state index is 12.8. The molecule has 2 atom stereocenters. The zero-order valence-corrected chi connectivity index (χ0v) is 15.0. The minimum atomic E-state index is -0.122. The third-order valence-corrected chi connectivity index (χ3v) is 4.68. The first kappa shape index (κ1) is 18.3. The van der Waals surface area contributed by atoms with E-state index in [1.807, 2.05) is 19.9 Å². The molecule has 1 aromatic carbocycles. The number of hydrogen-bond donors (Lipinski definition) is 2. The number of nitrogen functional groups attached to an aromatic ring is 1. The number of carbonyl (C=O) groups excluding carboxylic acids is 2. The highest BCUT2D eigenvalue weighted by molar-refractivity contribution is 5.97. The van der Waals surface area contributed by atoms with Crippen molar-refractivity contribution in [1.29, 1.82) is 0 Å². The second-order valence-corrected chi connectivity index (χ2v) is 6.86. The quantitative estimate of drug-likeness (QED) is 0.815. The van der Waals surface area contributed by atoms with Gasteiger partial charge in [0.05, 0.1) is 5.92 Å². The number of nitrogens with zero attached hydrogens (tertiary/aromatic N) is 1. The van der Waals surface area contributed by atoms with Crippen molar-refractivity contribution in [3.8, 4) is 0 Å². The molecule has 5 nitrogen and oxygen atoms in total. The van der Waals surface area contributed by atoms with Crippen LogP contribution in [0, 0.1) is 12.8 Å². The Morgan fingerprint density at radius 1 is 1.42 bits per heavy atom. The summed E-state index contributed by atoms with van der Waals surface area (Å²) < 4.78 is 0.